The summed E-state index contributed by atoms with van der Waals surface area (Å²) in [4.78, 5) is 65.6. The summed E-state index contributed by atoms with van der Waals surface area (Å²) in [7, 11) is 0. The molecular formula is C17H8N8O12. The molecule has 0 spiro atoms. The lowest BCUT2D eigenvalue weighted by Crippen LogP contribution is -2.20. The van der Waals surface area contributed by atoms with Gasteiger partial charge in [0.25, 0.3) is 11.4 Å². The van der Waals surface area contributed by atoms with E-state index >= 15 is 0 Å². The normalized spacial score (nSPS) is 11.1. The lowest BCUT2D eigenvalue weighted by Gasteiger charge is -2.09. The molecule has 1 aromatic heterocycles. The summed E-state index contributed by atoms with van der Waals surface area (Å²) in [6.45, 7) is 0. The van der Waals surface area contributed by atoms with E-state index in [1.807, 2.05) is 0 Å². The van der Waals surface area contributed by atoms with E-state index in [4.69, 9.17) is 0 Å². The minimum absolute atomic E-state index is 0.399. The summed E-state index contributed by atoms with van der Waals surface area (Å²) in [5, 5.41) is 68.7. The smallest absolute Gasteiger partial charge is 0.290 e. The fraction of sp³-hybridized carbons (Fsp3) is 0. The van der Waals surface area contributed by atoms with Gasteiger partial charge in [-0.3, -0.25) is 65.3 Å². The third-order valence-electron chi connectivity index (χ3n) is 4.62. The largest absolute Gasteiger partial charge is 0.308 e. The van der Waals surface area contributed by atoms with Crippen LogP contribution in [-0.2, 0) is 0 Å². The molecule has 0 amide bonds. The van der Waals surface area contributed by atoms with Gasteiger partial charge >= 0.3 is 22.7 Å². The van der Waals surface area contributed by atoms with Crippen molar-refractivity contribution < 1.29 is 29.5 Å². The highest BCUT2D eigenvalue weighted by Gasteiger charge is 2.33. The van der Waals surface area contributed by atoms with Crippen LogP contribution in [0.1, 0.15) is 0 Å². The second-order valence-electron chi connectivity index (χ2n) is 6.75. The van der Waals surface area contributed by atoms with E-state index in [9.17, 15) is 60.7 Å². The molecule has 0 atom stereocenters. The summed E-state index contributed by atoms with van der Waals surface area (Å²) in [5.74, 6) is 0. The van der Waals surface area contributed by atoms with E-state index in [1.54, 1.807) is 0 Å². The van der Waals surface area contributed by atoms with Gasteiger partial charge in [-0.1, -0.05) is 6.07 Å². The molecule has 0 aliphatic carbocycles. The average Bonchev–Trinajstić information content (AvgIpc) is 2.82. The molecule has 20 nitrogen and oxygen atoms in total. The first kappa shape index (κ1) is 25.4. The molecule has 0 aliphatic rings. The van der Waals surface area contributed by atoms with Gasteiger partial charge < -0.3 is 0 Å². The van der Waals surface area contributed by atoms with Crippen molar-refractivity contribution in [2.45, 2.75) is 0 Å². The van der Waals surface area contributed by atoms with E-state index in [1.165, 1.54) is 12.1 Å². The van der Waals surface area contributed by atoms with Crippen molar-refractivity contribution in [3.63, 3.8) is 0 Å². The number of hydrogen-bond acceptors (Lipinski definition) is 13. The molecule has 3 aromatic rings. The van der Waals surface area contributed by atoms with Gasteiger partial charge in [-0.05, 0) is 12.1 Å². The first-order valence-electron chi connectivity index (χ1n) is 9.28. The monoisotopic (exact) mass is 516 g/mol. The molecule has 3 rings (SSSR count). The maximum absolute atomic E-state index is 11.7. The summed E-state index contributed by atoms with van der Waals surface area (Å²) >= 11 is 0. The molecule has 37 heavy (non-hydrogen) atoms. The number of pyridine rings is 1. The lowest BCUT2D eigenvalue weighted by molar-refractivity contribution is -0.402. The van der Waals surface area contributed by atoms with E-state index < -0.39 is 80.5 Å². The van der Waals surface area contributed by atoms with Crippen molar-refractivity contribution in [1.82, 2.24) is 4.57 Å². The second kappa shape index (κ2) is 9.57. The molecule has 0 aliphatic heterocycles. The zero-order chi connectivity index (χ0) is 27.6. The van der Waals surface area contributed by atoms with Crippen molar-refractivity contribution in [3.8, 4) is 5.69 Å². The van der Waals surface area contributed by atoms with Gasteiger partial charge in [-0.25, -0.2) is 4.99 Å². The SMILES string of the molecule is O=[N+]([O-])c1cc([N+](=O)[O-])c(N=c2ccccn2-c2c([N+](=O)[O-])cc([N+](=O)[O-])cc2[N+](=O)[O-])c([N+](=O)[O-])c1. The third-order valence-corrected chi connectivity index (χ3v) is 4.62. The molecule has 1 heterocycles. The highest BCUT2D eigenvalue weighted by Crippen LogP contribution is 2.41. The zero-order valence-electron chi connectivity index (χ0n) is 17.6. The first-order chi connectivity index (χ1) is 17.3. The maximum atomic E-state index is 11.7. The molecule has 0 N–H and O–H groups in total. The summed E-state index contributed by atoms with van der Waals surface area (Å²) in [6.07, 6.45) is 0.975. The van der Waals surface area contributed by atoms with Gasteiger partial charge in [0.1, 0.15) is 5.49 Å². The van der Waals surface area contributed by atoms with Crippen molar-refractivity contribution in [2.24, 2.45) is 4.99 Å². The Balaban J connectivity index is 2.52. The number of non-ortho nitro benzene ring substituents is 2. The number of aromatic nitrogens is 1. The van der Waals surface area contributed by atoms with Gasteiger partial charge in [-0.2, -0.15) is 0 Å². The van der Waals surface area contributed by atoms with Crippen LogP contribution in [0.2, 0.25) is 0 Å². The standard InChI is InChI=1S/C17H8N8O12/c26-20(27)9-5-11(22(30)31)16(12(6-9)23(32)33)18-15-3-1-2-4-19(15)17-13(24(34)35)7-10(21(28)29)8-14(17)25(36)37/h1-8H. The quantitative estimate of drug-likeness (QED) is 0.308. The minimum Gasteiger partial charge on any atom is -0.290 e. The van der Waals surface area contributed by atoms with Gasteiger partial charge in [-0.15, -0.1) is 0 Å². The van der Waals surface area contributed by atoms with Crippen LogP contribution in [0.25, 0.3) is 5.69 Å². The summed E-state index contributed by atoms with van der Waals surface area (Å²) < 4.78 is 0.662. The van der Waals surface area contributed by atoms with Crippen LogP contribution in [-0.4, -0.2) is 34.1 Å². The summed E-state index contributed by atoms with van der Waals surface area (Å²) in [6, 6.07) is 5.11. The Hall–Kier alpha value is -6.21. The van der Waals surface area contributed by atoms with Crippen LogP contribution in [0.15, 0.2) is 53.7 Å². The molecule has 0 radical (unpaired) electrons. The molecule has 0 saturated carbocycles. The van der Waals surface area contributed by atoms with Gasteiger partial charge in [0, 0.05) is 6.20 Å². The van der Waals surface area contributed by atoms with Crippen LogP contribution in [0.3, 0.4) is 0 Å². The molecule has 2 aromatic carbocycles. The highest BCUT2D eigenvalue weighted by molar-refractivity contribution is 5.74. The average molecular weight is 516 g/mol. The van der Waals surface area contributed by atoms with Crippen LogP contribution >= 0.6 is 0 Å². The van der Waals surface area contributed by atoms with Gasteiger partial charge in [0.05, 0.1) is 53.8 Å². The van der Waals surface area contributed by atoms with E-state index in [2.05, 4.69) is 4.99 Å². The molecular weight excluding hydrogens is 508 g/mol. The van der Waals surface area contributed by atoms with Crippen molar-refractivity contribution in [3.05, 3.63) is 115 Å². The Bertz CT molecular complexity index is 1540. The van der Waals surface area contributed by atoms with Crippen molar-refractivity contribution in [1.29, 1.82) is 0 Å². The predicted octanol–water partition coefficient (Wildman–Crippen LogP) is 3.16. The Morgan fingerprint density at radius 1 is 0.568 bits per heavy atom. The van der Waals surface area contributed by atoms with Gasteiger partial charge in [0.2, 0.25) is 11.4 Å². The van der Waals surface area contributed by atoms with Crippen LogP contribution in [0, 0.1) is 60.7 Å². The van der Waals surface area contributed by atoms with Crippen molar-refractivity contribution >= 4 is 39.8 Å². The van der Waals surface area contributed by atoms with E-state index in [0.717, 1.165) is 12.3 Å². The molecule has 188 valence electrons. The van der Waals surface area contributed by atoms with Gasteiger partial charge in [0.15, 0.2) is 0 Å². The highest BCUT2D eigenvalue weighted by atomic mass is 16.6. The summed E-state index contributed by atoms with van der Waals surface area (Å²) in [5.41, 5.74) is -9.02. The topological polar surface area (TPSA) is 276 Å². The minimum atomic E-state index is -1.19. The Morgan fingerprint density at radius 3 is 1.35 bits per heavy atom. The number of nitrogens with zero attached hydrogens (tertiary/aromatic N) is 8. The fourth-order valence-electron chi connectivity index (χ4n) is 3.14. The Morgan fingerprint density at radius 2 is 0.973 bits per heavy atom. The Labute approximate surface area is 200 Å². The first-order valence-corrected chi connectivity index (χ1v) is 9.28. The van der Waals surface area contributed by atoms with Crippen molar-refractivity contribution in [2.75, 3.05) is 0 Å². The number of nitro groups is 6. The number of rotatable bonds is 8. The maximum Gasteiger partial charge on any atom is 0.308 e. The molecule has 0 bridgehead atoms. The lowest BCUT2D eigenvalue weighted by atomic mass is 10.2. The van der Waals surface area contributed by atoms with Crippen LogP contribution in [0.5, 0.6) is 0 Å². The molecule has 20 heteroatoms. The molecule has 0 fully saturated rings. The Kier molecular flexibility index (Phi) is 6.57. The van der Waals surface area contributed by atoms with Crippen LogP contribution < -0.4 is 5.49 Å². The van der Waals surface area contributed by atoms with E-state index in [-0.39, 0.29) is 0 Å². The van der Waals surface area contributed by atoms with E-state index in [0.29, 0.717) is 28.8 Å². The number of benzene rings is 2. The van der Waals surface area contributed by atoms with Crippen LogP contribution in [0.4, 0.5) is 39.8 Å². The zero-order valence-corrected chi connectivity index (χ0v) is 17.6. The molecule has 0 saturated heterocycles. The second-order valence-corrected chi connectivity index (χ2v) is 6.75. The number of nitro benzene ring substituents is 6. The predicted molar refractivity (Wildman–Crippen MR) is 117 cm³/mol. The number of hydrogen-bond donors (Lipinski definition) is 0. The third kappa shape index (κ3) is 4.86. The molecule has 0 unspecified atom stereocenters. The fourth-order valence-corrected chi connectivity index (χ4v) is 3.14.